The van der Waals surface area contributed by atoms with Crippen molar-refractivity contribution in [2.75, 3.05) is 6.61 Å². The number of rotatable bonds is 6. The number of ether oxygens (including phenoxy) is 1. The SMILES string of the molecule is CCCCOc1cc2ccc(C(N)=O)cc2cc1C(N)=O. The van der Waals surface area contributed by atoms with Gasteiger partial charge in [0.15, 0.2) is 0 Å². The molecule has 0 bridgehead atoms. The van der Waals surface area contributed by atoms with Gasteiger partial charge >= 0.3 is 0 Å². The molecule has 0 saturated heterocycles. The lowest BCUT2D eigenvalue weighted by Gasteiger charge is -2.11. The van der Waals surface area contributed by atoms with Crippen LogP contribution in [0.15, 0.2) is 30.3 Å². The second kappa shape index (κ2) is 6.26. The van der Waals surface area contributed by atoms with Crippen LogP contribution in [0, 0.1) is 0 Å². The minimum Gasteiger partial charge on any atom is -0.493 e. The highest BCUT2D eigenvalue weighted by molar-refractivity contribution is 6.03. The van der Waals surface area contributed by atoms with E-state index in [9.17, 15) is 9.59 Å². The average molecular weight is 286 g/mol. The fraction of sp³-hybridized carbons (Fsp3) is 0.250. The summed E-state index contributed by atoms with van der Waals surface area (Å²) >= 11 is 0. The molecule has 2 aromatic carbocycles. The van der Waals surface area contributed by atoms with Gasteiger partial charge in [0.25, 0.3) is 5.91 Å². The van der Waals surface area contributed by atoms with Gasteiger partial charge in [-0.15, -0.1) is 0 Å². The van der Waals surface area contributed by atoms with Gasteiger partial charge in [0.2, 0.25) is 5.91 Å². The van der Waals surface area contributed by atoms with Crippen molar-refractivity contribution in [3.63, 3.8) is 0 Å². The van der Waals surface area contributed by atoms with Gasteiger partial charge in [0, 0.05) is 5.56 Å². The Labute approximate surface area is 122 Å². The molecule has 0 aromatic heterocycles. The average Bonchev–Trinajstić information content (AvgIpc) is 2.46. The molecular formula is C16H18N2O3. The van der Waals surface area contributed by atoms with Gasteiger partial charge < -0.3 is 16.2 Å². The number of hydrogen-bond acceptors (Lipinski definition) is 3. The Morgan fingerprint density at radius 3 is 2.43 bits per heavy atom. The van der Waals surface area contributed by atoms with E-state index in [1.165, 1.54) is 0 Å². The van der Waals surface area contributed by atoms with Crippen molar-refractivity contribution in [2.45, 2.75) is 19.8 Å². The number of amides is 2. The second-order valence-corrected chi connectivity index (χ2v) is 4.84. The molecule has 0 aliphatic carbocycles. The highest BCUT2D eigenvalue weighted by Crippen LogP contribution is 2.27. The van der Waals surface area contributed by atoms with Crippen molar-refractivity contribution in [1.82, 2.24) is 0 Å². The summed E-state index contributed by atoms with van der Waals surface area (Å²) in [5.74, 6) is -0.607. The lowest BCUT2D eigenvalue weighted by molar-refractivity contribution is 0.0990. The van der Waals surface area contributed by atoms with Crippen molar-refractivity contribution < 1.29 is 14.3 Å². The number of unbranched alkanes of at least 4 members (excludes halogenated alkanes) is 1. The van der Waals surface area contributed by atoms with E-state index in [1.54, 1.807) is 30.3 Å². The van der Waals surface area contributed by atoms with Gasteiger partial charge in [-0.25, -0.2) is 0 Å². The first-order valence-electron chi connectivity index (χ1n) is 6.83. The molecule has 0 radical (unpaired) electrons. The van der Waals surface area contributed by atoms with Crippen LogP contribution < -0.4 is 16.2 Å². The molecule has 5 heteroatoms. The van der Waals surface area contributed by atoms with E-state index >= 15 is 0 Å². The summed E-state index contributed by atoms with van der Waals surface area (Å²) in [6.45, 7) is 2.59. The molecule has 2 aromatic rings. The maximum Gasteiger partial charge on any atom is 0.252 e. The molecule has 5 nitrogen and oxygen atoms in total. The van der Waals surface area contributed by atoms with Crippen molar-refractivity contribution in [1.29, 1.82) is 0 Å². The van der Waals surface area contributed by atoms with Crippen LogP contribution in [-0.4, -0.2) is 18.4 Å². The predicted molar refractivity (Wildman–Crippen MR) is 81.4 cm³/mol. The van der Waals surface area contributed by atoms with Crippen molar-refractivity contribution in [2.24, 2.45) is 11.5 Å². The highest BCUT2D eigenvalue weighted by atomic mass is 16.5. The van der Waals surface area contributed by atoms with Crippen LogP contribution >= 0.6 is 0 Å². The Morgan fingerprint density at radius 1 is 1.05 bits per heavy atom. The number of benzene rings is 2. The molecule has 110 valence electrons. The molecule has 0 saturated carbocycles. The van der Waals surface area contributed by atoms with E-state index in [1.807, 2.05) is 0 Å². The van der Waals surface area contributed by atoms with Crippen LogP contribution in [-0.2, 0) is 0 Å². The van der Waals surface area contributed by atoms with E-state index in [0.717, 1.165) is 23.6 Å². The highest BCUT2D eigenvalue weighted by Gasteiger charge is 2.12. The number of nitrogens with two attached hydrogens (primary N) is 2. The fourth-order valence-corrected chi connectivity index (χ4v) is 2.07. The molecule has 0 atom stereocenters. The van der Waals surface area contributed by atoms with Crippen LogP contribution in [0.5, 0.6) is 5.75 Å². The minimum atomic E-state index is -0.562. The molecule has 0 spiro atoms. The van der Waals surface area contributed by atoms with Crippen molar-refractivity contribution in [3.8, 4) is 5.75 Å². The predicted octanol–water partition coefficient (Wildman–Crippen LogP) is 2.22. The zero-order valence-electron chi connectivity index (χ0n) is 11.9. The summed E-state index contributed by atoms with van der Waals surface area (Å²) in [4.78, 5) is 22.8. The standard InChI is InChI=1S/C16H18N2O3/c1-2-3-6-21-14-9-10-4-5-11(15(17)19)7-12(10)8-13(14)16(18)20/h4-5,7-9H,2-3,6H2,1H3,(H2,17,19)(H2,18,20). The number of carbonyl (C=O) groups excluding carboxylic acids is 2. The third kappa shape index (κ3) is 3.31. The van der Waals surface area contributed by atoms with Crippen LogP contribution in [0.4, 0.5) is 0 Å². The molecule has 0 aliphatic heterocycles. The van der Waals surface area contributed by atoms with Gasteiger partial charge in [-0.05, 0) is 41.5 Å². The van der Waals surface area contributed by atoms with Crippen LogP contribution in [0.2, 0.25) is 0 Å². The monoisotopic (exact) mass is 286 g/mol. The van der Waals surface area contributed by atoms with Crippen molar-refractivity contribution in [3.05, 3.63) is 41.5 Å². The maximum absolute atomic E-state index is 11.6. The summed E-state index contributed by atoms with van der Waals surface area (Å²) in [7, 11) is 0. The van der Waals surface area contributed by atoms with E-state index in [-0.39, 0.29) is 0 Å². The zero-order chi connectivity index (χ0) is 15.4. The molecular weight excluding hydrogens is 268 g/mol. The zero-order valence-corrected chi connectivity index (χ0v) is 11.9. The van der Waals surface area contributed by atoms with Gasteiger partial charge in [-0.2, -0.15) is 0 Å². The van der Waals surface area contributed by atoms with Crippen LogP contribution in [0.1, 0.15) is 40.5 Å². The summed E-state index contributed by atoms with van der Waals surface area (Å²) in [6, 6.07) is 8.44. The summed E-state index contributed by atoms with van der Waals surface area (Å²) in [5.41, 5.74) is 11.3. The Kier molecular flexibility index (Phi) is 4.42. The van der Waals surface area contributed by atoms with E-state index in [0.29, 0.717) is 23.5 Å². The Bertz CT molecular complexity index is 695. The fourth-order valence-electron chi connectivity index (χ4n) is 2.07. The number of fused-ring (bicyclic) bond motifs is 1. The summed E-state index contributed by atoms with van der Waals surface area (Å²) in [6.07, 6.45) is 1.90. The molecule has 4 N–H and O–H groups in total. The quantitative estimate of drug-likeness (QED) is 0.797. The normalized spacial score (nSPS) is 10.5. The Balaban J connectivity index is 2.48. The maximum atomic E-state index is 11.6. The molecule has 2 rings (SSSR count). The van der Waals surface area contributed by atoms with Gasteiger partial charge in [-0.3, -0.25) is 9.59 Å². The Hall–Kier alpha value is -2.56. The number of hydrogen-bond donors (Lipinski definition) is 2. The van der Waals surface area contributed by atoms with E-state index in [4.69, 9.17) is 16.2 Å². The summed E-state index contributed by atoms with van der Waals surface area (Å²) < 4.78 is 5.63. The third-order valence-corrected chi connectivity index (χ3v) is 3.24. The van der Waals surface area contributed by atoms with Gasteiger partial charge in [0.1, 0.15) is 5.75 Å². The lowest BCUT2D eigenvalue weighted by atomic mass is 10.0. The smallest absolute Gasteiger partial charge is 0.252 e. The largest absolute Gasteiger partial charge is 0.493 e. The van der Waals surface area contributed by atoms with Crippen LogP contribution in [0.25, 0.3) is 10.8 Å². The van der Waals surface area contributed by atoms with E-state index < -0.39 is 11.8 Å². The number of primary amides is 2. The number of carbonyl (C=O) groups is 2. The Morgan fingerprint density at radius 2 is 1.81 bits per heavy atom. The van der Waals surface area contributed by atoms with Crippen molar-refractivity contribution >= 4 is 22.6 Å². The van der Waals surface area contributed by atoms with Gasteiger partial charge in [-0.1, -0.05) is 19.4 Å². The molecule has 0 aliphatic rings. The first-order valence-corrected chi connectivity index (χ1v) is 6.83. The van der Waals surface area contributed by atoms with Gasteiger partial charge in [0.05, 0.1) is 12.2 Å². The third-order valence-electron chi connectivity index (χ3n) is 3.24. The molecule has 21 heavy (non-hydrogen) atoms. The first kappa shape index (κ1) is 14.8. The molecule has 0 heterocycles. The van der Waals surface area contributed by atoms with Crippen LogP contribution in [0.3, 0.4) is 0 Å². The molecule has 2 amide bonds. The first-order chi connectivity index (χ1) is 10.0. The summed E-state index contributed by atoms with van der Waals surface area (Å²) in [5, 5.41) is 1.58. The topological polar surface area (TPSA) is 95.4 Å². The second-order valence-electron chi connectivity index (χ2n) is 4.84. The lowest BCUT2D eigenvalue weighted by Crippen LogP contribution is -2.14. The van der Waals surface area contributed by atoms with E-state index in [2.05, 4.69) is 6.92 Å². The molecule has 0 fully saturated rings. The minimum absolute atomic E-state index is 0.306. The molecule has 0 unspecified atom stereocenters.